The molecule has 4 heterocycles. The lowest BCUT2D eigenvalue weighted by molar-refractivity contribution is 0.198. The molecule has 5 N–H and O–H groups in total. The van der Waals surface area contributed by atoms with Crippen molar-refractivity contribution in [1.29, 1.82) is 0 Å². The van der Waals surface area contributed by atoms with E-state index in [4.69, 9.17) is 20.7 Å². The Bertz CT molecular complexity index is 1050. The Hall–Kier alpha value is -2.04. The van der Waals surface area contributed by atoms with Gasteiger partial charge in [-0.25, -0.2) is 9.99 Å². The summed E-state index contributed by atoms with van der Waals surface area (Å²) in [5, 5.41) is 11.7. The zero-order valence-electron chi connectivity index (χ0n) is 21.5. The summed E-state index contributed by atoms with van der Waals surface area (Å²) >= 11 is 1.91. The molecular formula is C26H41N9S. The first kappa shape index (κ1) is 24.3. The van der Waals surface area contributed by atoms with Gasteiger partial charge in [-0.3, -0.25) is 0 Å². The first-order valence-corrected chi connectivity index (χ1v) is 14.8. The highest BCUT2D eigenvalue weighted by molar-refractivity contribution is 8.03. The number of imidazole rings is 1. The summed E-state index contributed by atoms with van der Waals surface area (Å²) in [6, 6.07) is 1.20. The van der Waals surface area contributed by atoms with Gasteiger partial charge in [0.05, 0.1) is 11.2 Å². The van der Waals surface area contributed by atoms with Crippen molar-refractivity contribution in [1.82, 2.24) is 29.8 Å². The van der Waals surface area contributed by atoms with Gasteiger partial charge in [0, 0.05) is 37.4 Å². The second-order valence-electron chi connectivity index (χ2n) is 11.5. The lowest BCUT2D eigenvalue weighted by Crippen LogP contribution is -2.41. The second kappa shape index (κ2) is 10.4. The van der Waals surface area contributed by atoms with Crippen LogP contribution in [0, 0.1) is 5.92 Å². The number of thioether (sulfide) groups is 1. The van der Waals surface area contributed by atoms with Gasteiger partial charge < -0.3 is 26.4 Å². The minimum absolute atomic E-state index is 0.149. The first-order chi connectivity index (χ1) is 17.5. The average Bonchev–Trinajstić information content (AvgIpc) is 3.63. The topological polar surface area (TPSA) is 109 Å². The van der Waals surface area contributed by atoms with E-state index in [2.05, 4.69) is 44.2 Å². The molecule has 2 aliphatic carbocycles. The highest BCUT2D eigenvalue weighted by Crippen LogP contribution is 2.37. The van der Waals surface area contributed by atoms with Crippen LogP contribution in [0.5, 0.6) is 0 Å². The van der Waals surface area contributed by atoms with E-state index >= 15 is 0 Å². The van der Waals surface area contributed by atoms with Crippen molar-refractivity contribution in [2.24, 2.45) is 11.7 Å². The molecule has 1 saturated heterocycles. The Morgan fingerprint density at radius 1 is 1.08 bits per heavy atom. The third-order valence-corrected chi connectivity index (χ3v) is 9.66. The Balaban J connectivity index is 1.18. The van der Waals surface area contributed by atoms with Crippen molar-refractivity contribution in [2.45, 2.75) is 101 Å². The van der Waals surface area contributed by atoms with E-state index in [-0.39, 0.29) is 4.87 Å². The van der Waals surface area contributed by atoms with Crippen molar-refractivity contribution in [3.05, 3.63) is 17.9 Å². The van der Waals surface area contributed by atoms with Crippen LogP contribution in [0.25, 0.3) is 11.2 Å². The summed E-state index contributed by atoms with van der Waals surface area (Å²) in [7, 11) is 0. The Kier molecular flexibility index (Phi) is 7.01. The summed E-state index contributed by atoms with van der Waals surface area (Å²) in [6.45, 7) is 4.34. The van der Waals surface area contributed by atoms with Crippen molar-refractivity contribution >= 4 is 34.7 Å². The molecular weight excluding hydrogens is 470 g/mol. The molecule has 0 radical (unpaired) electrons. The highest BCUT2D eigenvalue weighted by atomic mass is 32.2. The molecule has 1 atom stereocenters. The summed E-state index contributed by atoms with van der Waals surface area (Å²) in [5.41, 5.74) is 11.6. The fourth-order valence-corrected chi connectivity index (χ4v) is 7.34. The molecule has 3 fully saturated rings. The van der Waals surface area contributed by atoms with Crippen molar-refractivity contribution in [3.63, 3.8) is 0 Å². The maximum absolute atomic E-state index is 6.14. The summed E-state index contributed by atoms with van der Waals surface area (Å²) in [5.74, 6) is 2.27. The average molecular weight is 512 g/mol. The number of piperidine rings is 1. The quantitative estimate of drug-likeness (QED) is 0.425. The van der Waals surface area contributed by atoms with E-state index in [1.165, 1.54) is 44.9 Å². The standard InChI is InChI=1S/C26H41N9S/c1-26(29-12-15-36-26)16-18-10-13-34(14-11-18)33-23-22-24(35(17-28-22)21-4-2-3-5-21)32-25(31-23)30-20-8-6-19(27)7-9-20/h12,15,17-21,29H,2-11,13-14,16,27H2,1H3,(H2,30,31,32,33). The van der Waals surface area contributed by atoms with E-state index in [1.54, 1.807) is 0 Å². The monoisotopic (exact) mass is 511 g/mol. The van der Waals surface area contributed by atoms with Crippen LogP contribution >= 0.6 is 11.8 Å². The number of nitrogens with zero attached hydrogens (tertiary/aromatic N) is 5. The lowest BCUT2D eigenvalue weighted by Gasteiger charge is -2.36. The van der Waals surface area contributed by atoms with Crippen molar-refractivity contribution in [3.8, 4) is 0 Å². The lowest BCUT2D eigenvalue weighted by atomic mass is 9.91. The largest absolute Gasteiger partial charge is 0.376 e. The molecule has 2 saturated carbocycles. The van der Waals surface area contributed by atoms with Crippen LogP contribution in [0.4, 0.5) is 11.8 Å². The normalized spacial score (nSPS) is 30.2. The smallest absolute Gasteiger partial charge is 0.227 e. The minimum Gasteiger partial charge on any atom is -0.376 e. The molecule has 36 heavy (non-hydrogen) atoms. The molecule has 0 amide bonds. The summed E-state index contributed by atoms with van der Waals surface area (Å²) in [4.78, 5) is 14.9. The van der Waals surface area contributed by atoms with Crippen LogP contribution in [0.15, 0.2) is 17.9 Å². The van der Waals surface area contributed by atoms with Gasteiger partial charge in [-0.1, -0.05) is 12.8 Å². The number of hydrazine groups is 1. The van der Waals surface area contributed by atoms with Crippen LogP contribution in [-0.4, -0.2) is 54.6 Å². The second-order valence-corrected chi connectivity index (χ2v) is 12.9. The van der Waals surface area contributed by atoms with E-state index in [1.807, 2.05) is 18.1 Å². The number of hydrogen-bond donors (Lipinski definition) is 4. The molecule has 1 unspecified atom stereocenters. The maximum Gasteiger partial charge on any atom is 0.227 e. The predicted molar refractivity (Wildman–Crippen MR) is 147 cm³/mol. The Labute approximate surface area is 218 Å². The van der Waals surface area contributed by atoms with Crippen LogP contribution in [0.3, 0.4) is 0 Å². The fourth-order valence-electron chi connectivity index (χ4n) is 6.44. The van der Waals surface area contributed by atoms with Crippen LogP contribution in [0.1, 0.15) is 83.6 Å². The molecule has 0 spiro atoms. The zero-order chi connectivity index (χ0) is 24.5. The van der Waals surface area contributed by atoms with E-state index in [0.717, 1.165) is 61.7 Å². The van der Waals surface area contributed by atoms with Gasteiger partial charge in [0.15, 0.2) is 17.0 Å². The van der Waals surface area contributed by atoms with Crippen molar-refractivity contribution in [2.75, 3.05) is 23.8 Å². The molecule has 2 aliphatic heterocycles. The molecule has 10 heteroatoms. The van der Waals surface area contributed by atoms with Gasteiger partial charge in [0.1, 0.15) is 0 Å². The molecule has 2 aromatic rings. The molecule has 9 nitrogen and oxygen atoms in total. The van der Waals surface area contributed by atoms with Crippen LogP contribution in [-0.2, 0) is 0 Å². The number of nitrogens with two attached hydrogens (primary N) is 1. The van der Waals surface area contributed by atoms with Gasteiger partial charge in [-0.2, -0.15) is 9.97 Å². The first-order valence-electron chi connectivity index (χ1n) is 13.9. The highest BCUT2D eigenvalue weighted by Gasteiger charge is 2.32. The van der Waals surface area contributed by atoms with E-state index in [9.17, 15) is 0 Å². The predicted octanol–water partition coefficient (Wildman–Crippen LogP) is 4.58. The number of nitrogens with one attached hydrogen (secondary N) is 3. The number of hydrogen-bond acceptors (Lipinski definition) is 9. The van der Waals surface area contributed by atoms with Gasteiger partial charge >= 0.3 is 0 Å². The van der Waals surface area contributed by atoms with Crippen molar-refractivity contribution < 1.29 is 0 Å². The molecule has 4 aliphatic rings. The van der Waals surface area contributed by atoms with Gasteiger partial charge in [-0.05, 0) is 76.0 Å². The van der Waals surface area contributed by atoms with E-state index < -0.39 is 0 Å². The Morgan fingerprint density at radius 2 is 1.86 bits per heavy atom. The van der Waals surface area contributed by atoms with Gasteiger partial charge in [0.2, 0.25) is 5.95 Å². The summed E-state index contributed by atoms with van der Waals surface area (Å²) in [6.07, 6.45) is 16.9. The SMILES string of the molecule is CC1(CC2CCN(Nc3nc(NC4CCC(N)CC4)nc4c3ncn4C3CCCC3)CC2)NC=CS1. The summed E-state index contributed by atoms with van der Waals surface area (Å²) < 4.78 is 2.30. The number of aromatic nitrogens is 4. The Morgan fingerprint density at radius 3 is 2.58 bits per heavy atom. The molecule has 196 valence electrons. The minimum atomic E-state index is 0.149. The molecule has 0 aromatic carbocycles. The zero-order valence-corrected chi connectivity index (χ0v) is 22.3. The van der Waals surface area contributed by atoms with E-state index in [0.29, 0.717) is 24.1 Å². The maximum atomic E-state index is 6.14. The molecule has 0 bridgehead atoms. The number of anilines is 2. The van der Waals surface area contributed by atoms with Crippen LogP contribution in [0.2, 0.25) is 0 Å². The van der Waals surface area contributed by atoms with Crippen LogP contribution < -0.4 is 21.8 Å². The molecule has 6 rings (SSSR count). The fraction of sp³-hybridized carbons (Fsp3) is 0.731. The van der Waals surface area contributed by atoms with Gasteiger partial charge in [0.25, 0.3) is 0 Å². The van der Waals surface area contributed by atoms with Gasteiger partial charge in [-0.15, -0.1) is 11.8 Å². The third kappa shape index (κ3) is 5.31. The number of rotatable bonds is 7. The number of fused-ring (bicyclic) bond motifs is 1. The third-order valence-electron chi connectivity index (χ3n) is 8.59. The molecule has 2 aromatic heterocycles.